The van der Waals surface area contributed by atoms with Gasteiger partial charge in [-0.15, -0.1) is 0 Å². The molecule has 1 rings (SSSR count). The third-order valence-electron chi connectivity index (χ3n) is 2.25. The lowest BCUT2D eigenvalue weighted by molar-refractivity contribution is -0.144. The SMILES string of the molecule is CN1CCN(C(=O)C(C)(C)Br)CC1=O. The fraction of sp³-hybridized carbons (Fsp3) is 0.778. The molecular formula is C9H15BrN2O2. The van der Waals surface area contributed by atoms with Gasteiger partial charge in [0, 0.05) is 20.1 Å². The summed E-state index contributed by atoms with van der Waals surface area (Å²) in [7, 11) is 1.75. The Balaban J connectivity index is 2.64. The Bertz CT molecular complexity index is 260. The summed E-state index contributed by atoms with van der Waals surface area (Å²) in [5.74, 6) is -0.0275. The quantitative estimate of drug-likeness (QED) is 0.645. The zero-order valence-electron chi connectivity index (χ0n) is 8.71. The number of likely N-dealkylation sites (N-methyl/N-ethyl adjacent to an activating group) is 1. The van der Waals surface area contributed by atoms with Gasteiger partial charge in [-0.2, -0.15) is 0 Å². The first kappa shape index (κ1) is 11.5. The summed E-state index contributed by atoms with van der Waals surface area (Å²) in [6.07, 6.45) is 0. The highest BCUT2D eigenvalue weighted by Crippen LogP contribution is 2.20. The number of carbonyl (C=O) groups excluding carboxylic acids is 2. The van der Waals surface area contributed by atoms with Crippen molar-refractivity contribution in [2.75, 3.05) is 26.7 Å². The maximum absolute atomic E-state index is 11.8. The van der Waals surface area contributed by atoms with Gasteiger partial charge in [-0.05, 0) is 13.8 Å². The normalized spacial score (nSPS) is 18.7. The zero-order chi connectivity index (χ0) is 10.9. The van der Waals surface area contributed by atoms with E-state index in [0.29, 0.717) is 13.1 Å². The maximum Gasteiger partial charge on any atom is 0.241 e. The lowest BCUT2D eigenvalue weighted by atomic mass is 10.1. The minimum Gasteiger partial charge on any atom is -0.342 e. The lowest BCUT2D eigenvalue weighted by Gasteiger charge is -2.34. The van der Waals surface area contributed by atoms with Gasteiger partial charge in [0.2, 0.25) is 11.8 Å². The van der Waals surface area contributed by atoms with Crippen LogP contribution < -0.4 is 0 Å². The molecule has 0 N–H and O–H groups in total. The monoisotopic (exact) mass is 262 g/mol. The van der Waals surface area contributed by atoms with Crippen molar-refractivity contribution in [2.45, 2.75) is 18.2 Å². The number of carbonyl (C=O) groups is 2. The molecule has 80 valence electrons. The fourth-order valence-electron chi connectivity index (χ4n) is 1.31. The van der Waals surface area contributed by atoms with Gasteiger partial charge in [0.1, 0.15) is 0 Å². The van der Waals surface area contributed by atoms with Crippen molar-refractivity contribution in [2.24, 2.45) is 0 Å². The third kappa shape index (κ3) is 2.47. The Hall–Kier alpha value is -0.580. The smallest absolute Gasteiger partial charge is 0.241 e. The van der Waals surface area contributed by atoms with E-state index in [-0.39, 0.29) is 18.4 Å². The summed E-state index contributed by atoms with van der Waals surface area (Å²) < 4.78 is -0.580. The molecule has 4 nitrogen and oxygen atoms in total. The summed E-state index contributed by atoms with van der Waals surface area (Å²) >= 11 is 3.30. The van der Waals surface area contributed by atoms with Gasteiger partial charge >= 0.3 is 0 Å². The van der Waals surface area contributed by atoms with Crippen molar-refractivity contribution >= 4 is 27.7 Å². The Kier molecular flexibility index (Phi) is 3.19. The first-order valence-corrected chi connectivity index (χ1v) is 5.34. The average molecular weight is 263 g/mol. The van der Waals surface area contributed by atoms with Crippen LogP contribution in [0, 0.1) is 0 Å². The topological polar surface area (TPSA) is 40.6 Å². The third-order valence-corrected chi connectivity index (χ3v) is 2.59. The average Bonchev–Trinajstić information content (AvgIpc) is 2.07. The Morgan fingerprint density at radius 2 is 2.00 bits per heavy atom. The summed E-state index contributed by atoms with van der Waals surface area (Å²) in [5, 5.41) is 0. The molecule has 1 aliphatic rings. The Morgan fingerprint density at radius 3 is 2.43 bits per heavy atom. The molecule has 0 unspecified atom stereocenters. The molecule has 0 aromatic heterocycles. The highest BCUT2D eigenvalue weighted by molar-refractivity contribution is 9.10. The van der Waals surface area contributed by atoms with Crippen LogP contribution >= 0.6 is 15.9 Å². The number of hydrogen-bond donors (Lipinski definition) is 0. The molecule has 1 fully saturated rings. The molecule has 0 aromatic carbocycles. The number of alkyl halides is 1. The Labute approximate surface area is 92.4 Å². The first-order chi connectivity index (χ1) is 6.32. The summed E-state index contributed by atoms with van der Waals surface area (Å²) in [6.45, 7) is 5.02. The molecule has 2 amide bonds. The van der Waals surface area contributed by atoms with E-state index in [1.165, 1.54) is 0 Å². The van der Waals surface area contributed by atoms with Crippen LogP contribution in [0.25, 0.3) is 0 Å². The number of piperazine rings is 1. The molecule has 14 heavy (non-hydrogen) atoms. The Morgan fingerprint density at radius 1 is 1.43 bits per heavy atom. The predicted molar refractivity (Wildman–Crippen MR) is 57.2 cm³/mol. The molecule has 0 bridgehead atoms. The van der Waals surface area contributed by atoms with Crippen LogP contribution in [-0.4, -0.2) is 52.6 Å². The van der Waals surface area contributed by atoms with Gasteiger partial charge in [0.15, 0.2) is 0 Å². The van der Waals surface area contributed by atoms with E-state index in [9.17, 15) is 9.59 Å². The van der Waals surface area contributed by atoms with Gasteiger partial charge in [-0.3, -0.25) is 9.59 Å². The molecule has 0 atom stereocenters. The lowest BCUT2D eigenvalue weighted by Crippen LogP contribution is -2.54. The van der Waals surface area contributed by atoms with Crippen LogP contribution in [0.2, 0.25) is 0 Å². The fourth-order valence-corrected chi connectivity index (χ4v) is 1.56. The van der Waals surface area contributed by atoms with E-state index in [1.54, 1.807) is 30.7 Å². The molecule has 0 spiro atoms. The second-order valence-electron chi connectivity index (χ2n) is 4.01. The maximum atomic E-state index is 11.8. The van der Waals surface area contributed by atoms with Crippen molar-refractivity contribution in [3.8, 4) is 0 Å². The van der Waals surface area contributed by atoms with Gasteiger partial charge in [0.25, 0.3) is 0 Å². The van der Waals surface area contributed by atoms with Crippen molar-refractivity contribution in [3.05, 3.63) is 0 Å². The molecule has 0 radical (unpaired) electrons. The van der Waals surface area contributed by atoms with Crippen LogP contribution in [0.5, 0.6) is 0 Å². The molecule has 0 saturated carbocycles. The van der Waals surface area contributed by atoms with Crippen molar-refractivity contribution in [1.29, 1.82) is 0 Å². The van der Waals surface area contributed by atoms with Gasteiger partial charge in [0.05, 0.1) is 10.9 Å². The van der Waals surface area contributed by atoms with Gasteiger partial charge in [-0.25, -0.2) is 0 Å². The van der Waals surface area contributed by atoms with Crippen molar-refractivity contribution in [1.82, 2.24) is 9.80 Å². The second kappa shape index (κ2) is 3.88. The molecule has 1 saturated heterocycles. The van der Waals surface area contributed by atoms with Crippen LogP contribution in [0.1, 0.15) is 13.8 Å². The second-order valence-corrected chi connectivity index (χ2v) is 6.00. The molecular weight excluding hydrogens is 248 g/mol. The van der Waals surface area contributed by atoms with E-state index < -0.39 is 4.32 Å². The highest BCUT2D eigenvalue weighted by Gasteiger charge is 2.32. The van der Waals surface area contributed by atoms with Gasteiger partial charge < -0.3 is 9.80 Å². The molecule has 1 aliphatic heterocycles. The zero-order valence-corrected chi connectivity index (χ0v) is 10.3. The number of hydrogen-bond acceptors (Lipinski definition) is 2. The van der Waals surface area contributed by atoms with Crippen molar-refractivity contribution < 1.29 is 9.59 Å². The summed E-state index contributed by atoms with van der Waals surface area (Å²) in [4.78, 5) is 26.4. The van der Waals surface area contributed by atoms with Crippen LogP contribution in [-0.2, 0) is 9.59 Å². The minimum absolute atomic E-state index is 0.00125. The minimum atomic E-state index is -0.580. The highest BCUT2D eigenvalue weighted by atomic mass is 79.9. The number of rotatable bonds is 1. The largest absolute Gasteiger partial charge is 0.342 e. The first-order valence-electron chi connectivity index (χ1n) is 4.54. The van der Waals surface area contributed by atoms with Gasteiger partial charge in [-0.1, -0.05) is 15.9 Å². The number of amides is 2. The number of nitrogens with zero attached hydrogens (tertiary/aromatic N) is 2. The van der Waals surface area contributed by atoms with E-state index >= 15 is 0 Å². The molecule has 0 aliphatic carbocycles. The molecule has 5 heteroatoms. The predicted octanol–water partition coefficient (Wildman–Crippen LogP) is 0.460. The van der Waals surface area contributed by atoms with Crippen LogP contribution in [0.15, 0.2) is 0 Å². The molecule has 1 heterocycles. The summed E-state index contributed by atoms with van der Waals surface area (Å²) in [5.41, 5.74) is 0. The standard InChI is InChI=1S/C9H15BrN2O2/c1-9(2,10)8(14)12-5-4-11(3)7(13)6-12/h4-6H2,1-3H3. The molecule has 0 aromatic rings. The van der Waals surface area contributed by atoms with E-state index in [2.05, 4.69) is 15.9 Å². The van der Waals surface area contributed by atoms with Crippen LogP contribution in [0.4, 0.5) is 0 Å². The number of halogens is 1. The van der Waals surface area contributed by atoms with Crippen molar-refractivity contribution in [3.63, 3.8) is 0 Å². The van der Waals surface area contributed by atoms with E-state index in [1.807, 2.05) is 0 Å². The van der Waals surface area contributed by atoms with Crippen LogP contribution in [0.3, 0.4) is 0 Å². The van der Waals surface area contributed by atoms with E-state index in [4.69, 9.17) is 0 Å². The van der Waals surface area contributed by atoms with E-state index in [0.717, 1.165) is 0 Å². The summed E-state index contributed by atoms with van der Waals surface area (Å²) in [6, 6.07) is 0.